The molecule has 1 aromatic heterocycles. The van der Waals surface area contributed by atoms with Crippen LogP contribution in [-0.2, 0) is 16.6 Å². The fourth-order valence-corrected chi connectivity index (χ4v) is 4.38. The van der Waals surface area contributed by atoms with Crippen LogP contribution in [0.5, 0.6) is 0 Å². The molecule has 1 amide bonds. The van der Waals surface area contributed by atoms with Crippen molar-refractivity contribution in [3.05, 3.63) is 102 Å². The molecular weight excluding hydrogens is 448 g/mol. The number of rotatable bonds is 7. The maximum absolute atomic E-state index is 13.2. The monoisotopic (exact) mass is 474 g/mol. The molecular formula is C26H26N4O3S. The minimum atomic E-state index is -3.54. The van der Waals surface area contributed by atoms with Gasteiger partial charge in [0.05, 0.1) is 17.0 Å². The van der Waals surface area contributed by atoms with Crippen molar-refractivity contribution < 1.29 is 13.2 Å². The number of hydrogen-bond acceptors (Lipinski definition) is 4. The van der Waals surface area contributed by atoms with Crippen LogP contribution in [0.1, 0.15) is 21.5 Å². The van der Waals surface area contributed by atoms with Crippen molar-refractivity contribution >= 4 is 21.6 Å². The Kier molecular flexibility index (Phi) is 6.63. The summed E-state index contributed by atoms with van der Waals surface area (Å²) in [6, 6.07) is 23.9. The molecule has 0 fully saturated rings. The van der Waals surface area contributed by atoms with Crippen LogP contribution in [0.15, 0.2) is 90.0 Å². The Bertz CT molecular complexity index is 1390. The molecule has 1 heterocycles. The first-order chi connectivity index (χ1) is 16.2. The zero-order chi connectivity index (χ0) is 24.3. The van der Waals surface area contributed by atoms with Gasteiger partial charge < -0.3 is 5.32 Å². The molecule has 0 aliphatic heterocycles. The number of anilines is 1. The number of sulfonamides is 1. The summed E-state index contributed by atoms with van der Waals surface area (Å²) < 4.78 is 27.5. The lowest BCUT2D eigenvalue weighted by Gasteiger charge is -2.12. The van der Waals surface area contributed by atoms with Crippen molar-refractivity contribution in [2.75, 3.05) is 19.4 Å². The van der Waals surface area contributed by atoms with E-state index in [1.165, 1.54) is 26.2 Å². The number of aromatic nitrogens is 2. The van der Waals surface area contributed by atoms with E-state index in [4.69, 9.17) is 5.10 Å². The fraction of sp³-hybridized carbons (Fsp3) is 0.154. The first kappa shape index (κ1) is 23.4. The number of benzene rings is 3. The number of nitrogens with zero attached hydrogens (tertiary/aromatic N) is 3. The first-order valence-corrected chi connectivity index (χ1v) is 12.2. The lowest BCUT2D eigenvalue weighted by Crippen LogP contribution is -2.22. The molecule has 0 bridgehead atoms. The summed E-state index contributed by atoms with van der Waals surface area (Å²) in [5.41, 5.74) is 4.55. The van der Waals surface area contributed by atoms with Gasteiger partial charge in [-0.1, -0.05) is 60.2 Å². The molecule has 0 atom stereocenters. The highest BCUT2D eigenvalue weighted by molar-refractivity contribution is 7.89. The van der Waals surface area contributed by atoms with Gasteiger partial charge in [-0.25, -0.2) is 12.7 Å². The number of carbonyl (C=O) groups is 1. The van der Waals surface area contributed by atoms with Gasteiger partial charge >= 0.3 is 0 Å². The van der Waals surface area contributed by atoms with Gasteiger partial charge in [-0.05, 0) is 36.8 Å². The number of nitrogens with one attached hydrogen (secondary N) is 1. The molecule has 7 nitrogen and oxygen atoms in total. The summed E-state index contributed by atoms with van der Waals surface area (Å²) in [6.07, 6.45) is 1.74. The van der Waals surface area contributed by atoms with E-state index in [0.29, 0.717) is 23.5 Å². The van der Waals surface area contributed by atoms with Gasteiger partial charge in [0, 0.05) is 31.5 Å². The molecule has 4 rings (SSSR count). The third kappa shape index (κ3) is 5.08. The maximum atomic E-state index is 13.2. The van der Waals surface area contributed by atoms with Gasteiger partial charge in [0.25, 0.3) is 5.91 Å². The normalized spacial score (nSPS) is 11.5. The minimum absolute atomic E-state index is 0.159. The quantitative estimate of drug-likeness (QED) is 0.430. The van der Waals surface area contributed by atoms with Crippen LogP contribution in [0, 0.1) is 6.92 Å². The third-order valence-corrected chi connectivity index (χ3v) is 7.24. The lowest BCUT2D eigenvalue weighted by molar-refractivity contribution is 0.102. The molecule has 174 valence electrons. The van der Waals surface area contributed by atoms with Crippen LogP contribution in [-0.4, -0.2) is 42.5 Å². The highest BCUT2D eigenvalue weighted by Gasteiger charge is 2.20. The van der Waals surface area contributed by atoms with E-state index in [-0.39, 0.29) is 10.8 Å². The highest BCUT2D eigenvalue weighted by atomic mass is 32.2. The standard InChI is InChI=1S/C26H26N4O3S/c1-19-9-11-21(12-10-19)25-24(18-30(28-25)17-20-7-5-4-6-8-20)26(31)27-22-13-15-23(16-14-22)34(32,33)29(2)3/h4-16,18H,17H2,1-3H3,(H,27,31). The Balaban J connectivity index is 1.64. The van der Waals surface area contributed by atoms with E-state index in [2.05, 4.69) is 5.32 Å². The van der Waals surface area contributed by atoms with Gasteiger partial charge in [0.1, 0.15) is 5.69 Å². The second-order valence-corrected chi connectivity index (χ2v) is 10.4. The Labute approximate surface area is 199 Å². The van der Waals surface area contributed by atoms with Crippen LogP contribution in [0.2, 0.25) is 0 Å². The van der Waals surface area contributed by atoms with Crippen LogP contribution in [0.3, 0.4) is 0 Å². The minimum Gasteiger partial charge on any atom is -0.322 e. The van der Waals surface area contributed by atoms with Gasteiger partial charge in [0.15, 0.2) is 0 Å². The molecule has 0 spiro atoms. The van der Waals surface area contributed by atoms with Crippen LogP contribution >= 0.6 is 0 Å². The average molecular weight is 475 g/mol. The SMILES string of the molecule is Cc1ccc(-c2nn(Cc3ccccc3)cc2C(=O)Nc2ccc(S(=O)(=O)N(C)C)cc2)cc1. The molecule has 34 heavy (non-hydrogen) atoms. The molecule has 1 N–H and O–H groups in total. The van der Waals surface area contributed by atoms with Crippen molar-refractivity contribution in [1.82, 2.24) is 14.1 Å². The van der Waals surface area contributed by atoms with Crippen LogP contribution in [0.4, 0.5) is 5.69 Å². The van der Waals surface area contributed by atoms with Crippen LogP contribution < -0.4 is 5.32 Å². The van der Waals surface area contributed by atoms with E-state index in [1.54, 1.807) is 23.0 Å². The second kappa shape index (κ2) is 9.62. The topological polar surface area (TPSA) is 84.3 Å². The summed E-state index contributed by atoms with van der Waals surface area (Å²) in [4.78, 5) is 13.4. The summed E-state index contributed by atoms with van der Waals surface area (Å²) >= 11 is 0. The predicted molar refractivity (Wildman–Crippen MR) is 133 cm³/mol. The Morgan fingerprint density at radius 1 is 0.941 bits per heavy atom. The molecule has 0 aliphatic rings. The number of aryl methyl sites for hydroxylation is 1. The van der Waals surface area contributed by atoms with Gasteiger partial charge in [-0.3, -0.25) is 9.48 Å². The van der Waals surface area contributed by atoms with Crippen molar-refractivity contribution in [2.24, 2.45) is 0 Å². The van der Waals surface area contributed by atoms with Gasteiger partial charge in [0.2, 0.25) is 10.0 Å². The first-order valence-electron chi connectivity index (χ1n) is 10.8. The van der Waals surface area contributed by atoms with Crippen molar-refractivity contribution in [1.29, 1.82) is 0 Å². The molecule has 0 saturated carbocycles. The zero-order valence-electron chi connectivity index (χ0n) is 19.3. The van der Waals surface area contributed by atoms with Gasteiger partial charge in [-0.15, -0.1) is 0 Å². The maximum Gasteiger partial charge on any atom is 0.259 e. The summed E-state index contributed by atoms with van der Waals surface area (Å²) in [6.45, 7) is 2.54. The molecule has 0 aliphatic carbocycles. The Morgan fingerprint density at radius 3 is 2.21 bits per heavy atom. The van der Waals surface area contributed by atoms with E-state index in [0.717, 1.165) is 21.0 Å². The van der Waals surface area contributed by atoms with Crippen molar-refractivity contribution in [2.45, 2.75) is 18.4 Å². The smallest absolute Gasteiger partial charge is 0.259 e. The van der Waals surface area contributed by atoms with Gasteiger partial charge in [-0.2, -0.15) is 5.10 Å². The van der Waals surface area contributed by atoms with Crippen LogP contribution in [0.25, 0.3) is 11.3 Å². The number of amides is 1. The summed E-state index contributed by atoms with van der Waals surface area (Å²) in [7, 11) is -0.586. The predicted octanol–water partition coefficient (Wildman–Crippen LogP) is 4.41. The molecule has 4 aromatic rings. The largest absolute Gasteiger partial charge is 0.322 e. The van der Waals surface area contributed by atoms with E-state index < -0.39 is 10.0 Å². The number of hydrogen-bond donors (Lipinski definition) is 1. The third-order valence-electron chi connectivity index (χ3n) is 5.41. The molecule has 0 radical (unpaired) electrons. The van der Waals surface area contributed by atoms with E-state index in [9.17, 15) is 13.2 Å². The highest BCUT2D eigenvalue weighted by Crippen LogP contribution is 2.25. The zero-order valence-corrected chi connectivity index (χ0v) is 20.1. The van der Waals surface area contributed by atoms with E-state index in [1.807, 2.05) is 61.5 Å². The lowest BCUT2D eigenvalue weighted by atomic mass is 10.1. The average Bonchev–Trinajstić information content (AvgIpc) is 3.24. The summed E-state index contributed by atoms with van der Waals surface area (Å²) in [5, 5.41) is 7.57. The Hall–Kier alpha value is -3.75. The Morgan fingerprint density at radius 2 is 1.59 bits per heavy atom. The molecule has 3 aromatic carbocycles. The summed E-state index contributed by atoms with van der Waals surface area (Å²) in [5.74, 6) is -0.321. The van der Waals surface area contributed by atoms with Crippen molar-refractivity contribution in [3.63, 3.8) is 0 Å². The fourth-order valence-electron chi connectivity index (χ4n) is 3.48. The second-order valence-electron chi connectivity index (χ2n) is 8.21. The number of carbonyl (C=O) groups excluding carboxylic acids is 1. The van der Waals surface area contributed by atoms with E-state index >= 15 is 0 Å². The molecule has 0 unspecified atom stereocenters. The molecule has 8 heteroatoms. The molecule has 0 saturated heterocycles. The van der Waals surface area contributed by atoms with Crippen molar-refractivity contribution in [3.8, 4) is 11.3 Å².